The van der Waals surface area contributed by atoms with Crippen LogP contribution in [0.4, 0.5) is 0 Å². The highest BCUT2D eigenvalue weighted by Crippen LogP contribution is 2.21. The summed E-state index contributed by atoms with van der Waals surface area (Å²) < 4.78 is 5.35. The number of rotatable bonds is 6. The number of amides is 1. The summed E-state index contributed by atoms with van der Waals surface area (Å²) >= 11 is 0. The number of benzene rings is 1. The third kappa shape index (κ3) is 4.30. The van der Waals surface area contributed by atoms with Gasteiger partial charge in [-0.1, -0.05) is 43.6 Å². The van der Waals surface area contributed by atoms with Crippen molar-refractivity contribution in [2.24, 2.45) is 5.92 Å². The Bertz CT molecular complexity index is 708. The molecule has 0 bridgehead atoms. The fourth-order valence-corrected chi connectivity index (χ4v) is 3.56. The molecule has 2 unspecified atom stereocenters. The smallest absolute Gasteiger partial charge is 0.257 e. The summed E-state index contributed by atoms with van der Waals surface area (Å²) in [5.74, 6) is 1.27. The average molecular weight is 356 g/mol. The van der Waals surface area contributed by atoms with Crippen LogP contribution in [0.2, 0.25) is 0 Å². The molecule has 0 aliphatic carbocycles. The van der Waals surface area contributed by atoms with Crippen LogP contribution >= 0.6 is 0 Å². The van der Waals surface area contributed by atoms with E-state index in [4.69, 9.17) is 4.52 Å². The zero-order chi connectivity index (χ0) is 18.5. The van der Waals surface area contributed by atoms with Gasteiger partial charge in [0.2, 0.25) is 5.91 Å². The number of carbonyl (C=O) groups excluding carboxylic acids is 1. The van der Waals surface area contributed by atoms with Gasteiger partial charge in [0.15, 0.2) is 5.82 Å². The van der Waals surface area contributed by atoms with E-state index < -0.39 is 0 Å². The molecule has 3 rings (SSSR count). The van der Waals surface area contributed by atoms with Crippen molar-refractivity contribution in [3.05, 3.63) is 36.2 Å². The predicted molar refractivity (Wildman–Crippen MR) is 100 cm³/mol. The Morgan fingerprint density at radius 2 is 1.81 bits per heavy atom. The van der Waals surface area contributed by atoms with E-state index in [1.54, 1.807) is 0 Å². The monoisotopic (exact) mass is 356 g/mol. The second-order valence-electron chi connectivity index (χ2n) is 7.34. The minimum Gasteiger partial charge on any atom is -0.345 e. The van der Waals surface area contributed by atoms with Crippen molar-refractivity contribution >= 4 is 5.91 Å². The first-order valence-corrected chi connectivity index (χ1v) is 9.49. The summed E-state index contributed by atoms with van der Waals surface area (Å²) in [6, 6.07) is 9.23. The first kappa shape index (κ1) is 18.6. The molecule has 1 aromatic heterocycles. The summed E-state index contributed by atoms with van der Waals surface area (Å²) in [5.41, 5.74) is 0.873. The van der Waals surface area contributed by atoms with Crippen molar-refractivity contribution in [3.63, 3.8) is 0 Å². The van der Waals surface area contributed by atoms with E-state index in [1.165, 1.54) is 6.42 Å². The van der Waals surface area contributed by atoms with Crippen LogP contribution < -0.4 is 5.32 Å². The number of piperidine rings is 1. The number of nitrogens with one attached hydrogen (secondary N) is 1. The number of nitrogens with zero attached hydrogens (tertiary/aromatic N) is 3. The van der Waals surface area contributed by atoms with Gasteiger partial charge in [0, 0.05) is 5.56 Å². The molecule has 0 saturated carbocycles. The molecule has 1 saturated heterocycles. The number of likely N-dealkylation sites (tertiary alicyclic amines) is 1. The lowest BCUT2D eigenvalue weighted by molar-refractivity contribution is -0.129. The summed E-state index contributed by atoms with van der Waals surface area (Å²) in [7, 11) is 0. The third-order valence-corrected chi connectivity index (χ3v) is 4.89. The normalized spacial score (nSPS) is 17.8. The van der Waals surface area contributed by atoms with Gasteiger partial charge in [0.05, 0.1) is 12.1 Å². The molecule has 2 aromatic rings. The Labute approximate surface area is 155 Å². The molecule has 1 fully saturated rings. The van der Waals surface area contributed by atoms with Crippen molar-refractivity contribution in [2.75, 3.05) is 13.1 Å². The molecule has 2 atom stereocenters. The Hall–Kier alpha value is -2.21. The van der Waals surface area contributed by atoms with Crippen molar-refractivity contribution in [1.29, 1.82) is 0 Å². The Balaban J connectivity index is 1.67. The molecule has 1 amide bonds. The summed E-state index contributed by atoms with van der Waals surface area (Å²) in [5, 5.41) is 7.12. The van der Waals surface area contributed by atoms with Crippen LogP contribution in [0, 0.1) is 5.92 Å². The molecule has 0 radical (unpaired) electrons. The molecule has 0 spiro atoms. The van der Waals surface area contributed by atoms with Crippen molar-refractivity contribution in [3.8, 4) is 11.5 Å². The van der Waals surface area contributed by atoms with E-state index in [0.717, 1.165) is 31.5 Å². The zero-order valence-electron chi connectivity index (χ0n) is 15.8. The minimum atomic E-state index is -0.297. The standard InChI is InChI=1S/C20H28N4O2/c1-14(2)17(24-12-8-5-9-13-24)19(25)21-15(3)18-22-20(26-23-18)16-10-6-4-7-11-16/h4,6-7,10-11,14-15,17H,5,8-9,12-13H2,1-3H3,(H,21,25). The number of hydrogen-bond donors (Lipinski definition) is 1. The Morgan fingerprint density at radius 3 is 2.46 bits per heavy atom. The van der Waals surface area contributed by atoms with Crippen LogP contribution in [0.5, 0.6) is 0 Å². The topological polar surface area (TPSA) is 71.3 Å². The second-order valence-corrected chi connectivity index (χ2v) is 7.34. The molecule has 1 aromatic carbocycles. The molecular formula is C20H28N4O2. The van der Waals surface area contributed by atoms with Crippen molar-refractivity contribution in [2.45, 2.75) is 52.1 Å². The largest absolute Gasteiger partial charge is 0.345 e. The number of aromatic nitrogens is 2. The van der Waals surface area contributed by atoms with Gasteiger partial charge in [-0.05, 0) is 50.9 Å². The van der Waals surface area contributed by atoms with Crippen LogP contribution in [0.3, 0.4) is 0 Å². The first-order valence-electron chi connectivity index (χ1n) is 9.49. The molecule has 6 nitrogen and oxygen atoms in total. The second kappa shape index (κ2) is 8.45. The highest BCUT2D eigenvalue weighted by atomic mass is 16.5. The lowest BCUT2D eigenvalue weighted by atomic mass is 9.98. The maximum atomic E-state index is 12.9. The van der Waals surface area contributed by atoms with Gasteiger partial charge < -0.3 is 9.84 Å². The Morgan fingerprint density at radius 1 is 1.12 bits per heavy atom. The summed E-state index contributed by atoms with van der Waals surface area (Å²) in [6.45, 7) is 8.08. The number of carbonyl (C=O) groups is 1. The molecule has 1 aliphatic rings. The van der Waals surface area contributed by atoms with Crippen LogP contribution in [0.1, 0.15) is 51.9 Å². The highest BCUT2D eigenvalue weighted by molar-refractivity contribution is 5.82. The van der Waals surface area contributed by atoms with Gasteiger partial charge in [0.1, 0.15) is 0 Å². The number of hydrogen-bond acceptors (Lipinski definition) is 5. The lowest BCUT2D eigenvalue weighted by Crippen LogP contribution is -2.52. The molecule has 140 valence electrons. The summed E-state index contributed by atoms with van der Waals surface area (Å²) in [6.07, 6.45) is 3.58. The van der Waals surface area contributed by atoms with E-state index in [1.807, 2.05) is 37.3 Å². The van der Waals surface area contributed by atoms with E-state index in [9.17, 15) is 4.79 Å². The molecule has 1 N–H and O–H groups in total. The van der Waals surface area contributed by atoms with Gasteiger partial charge in [-0.25, -0.2) is 0 Å². The van der Waals surface area contributed by atoms with Gasteiger partial charge in [-0.3, -0.25) is 9.69 Å². The van der Waals surface area contributed by atoms with Crippen molar-refractivity contribution < 1.29 is 9.32 Å². The van der Waals surface area contributed by atoms with Crippen LogP contribution in [0.25, 0.3) is 11.5 Å². The summed E-state index contributed by atoms with van der Waals surface area (Å²) in [4.78, 5) is 19.7. The van der Waals surface area contributed by atoms with Gasteiger partial charge in [-0.15, -0.1) is 0 Å². The lowest BCUT2D eigenvalue weighted by Gasteiger charge is -2.36. The Kier molecular flexibility index (Phi) is 6.04. The van der Waals surface area contributed by atoms with Crippen LogP contribution in [-0.4, -0.2) is 40.1 Å². The minimum absolute atomic E-state index is 0.0421. The van der Waals surface area contributed by atoms with E-state index in [-0.39, 0.29) is 23.9 Å². The molecule has 26 heavy (non-hydrogen) atoms. The first-order chi connectivity index (χ1) is 12.6. The van der Waals surface area contributed by atoms with Crippen LogP contribution in [-0.2, 0) is 4.79 Å². The van der Waals surface area contributed by atoms with Gasteiger partial charge >= 0.3 is 0 Å². The highest BCUT2D eigenvalue weighted by Gasteiger charge is 2.31. The van der Waals surface area contributed by atoms with Gasteiger partial charge in [0.25, 0.3) is 5.89 Å². The van der Waals surface area contributed by atoms with Crippen molar-refractivity contribution in [1.82, 2.24) is 20.4 Å². The fraction of sp³-hybridized carbons (Fsp3) is 0.550. The van der Waals surface area contributed by atoms with E-state index in [2.05, 4.69) is 34.2 Å². The maximum Gasteiger partial charge on any atom is 0.257 e. The van der Waals surface area contributed by atoms with Gasteiger partial charge in [-0.2, -0.15) is 4.98 Å². The van der Waals surface area contributed by atoms with E-state index >= 15 is 0 Å². The third-order valence-electron chi connectivity index (χ3n) is 4.89. The van der Waals surface area contributed by atoms with Crippen LogP contribution in [0.15, 0.2) is 34.9 Å². The zero-order valence-corrected chi connectivity index (χ0v) is 15.8. The maximum absolute atomic E-state index is 12.9. The SMILES string of the molecule is CC(NC(=O)C(C(C)C)N1CCCCC1)c1noc(-c2ccccc2)n1. The quantitative estimate of drug-likeness (QED) is 0.859. The fourth-order valence-electron chi connectivity index (χ4n) is 3.56. The molecule has 2 heterocycles. The van der Waals surface area contributed by atoms with E-state index in [0.29, 0.717) is 11.7 Å². The molecular weight excluding hydrogens is 328 g/mol. The molecule has 6 heteroatoms. The predicted octanol–water partition coefficient (Wildman–Crippen LogP) is 3.42. The average Bonchev–Trinajstić information content (AvgIpc) is 3.13. The molecule has 1 aliphatic heterocycles.